The first-order valence-corrected chi connectivity index (χ1v) is 5.99. The normalized spacial score (nSPS) is 19.4. The minimum atomic E-state index is 0.610. The summed E-state index contributed by atoms with van der Waals surface area (Å²) in [6.45, 7) is 11.7. The quantitative estimate of drug-likeness (QED) is 0.669. The molecule has 0 saturated carbocycles. The van der Waals surface area contributed by atoms with Crippen molar-refractivity contribution in [1.82, 2.24) is 0 Å². The fourth-order valence-electron chi connectivity index (χ4n) is 1.30. The summed E-state index contributed by atoms with van der Waals surface area (Å²) in [5.74, 6) is 0.610. The van der Waals surface area contributed by atoms with Crippen molar-refractivity contribution >= 4 is 16.8 Å². The Labute approximate surface area is 91.4 Å². The number of hydrogen-bond acceptors (Lipinski definition) is 2. The van der Waals surface area contributed by atoms with E-state index >= 15 is 0 Å². The fraction of sp³-hybridized carbons (Fsp3) is 0.583. The number of thioether (sulfide) groups is 1. The SMILES string of the molecule is CCN=C1SC(C(C)C)=CC1=C(C)C. The molecule has 0 atom stereocenters. The minimum Gasteiger partial charge on any atom is -0.278 e. The van der Waals surface area contributed by atoms with Gasteiger partial charge in [-0.3, -0.25) is 4.99 Å². The Bertz CT molecular complexity index is 304. The highest BCUT2D eigenvalue weighted by atomic mass is 32.2. The van der Waals surface area contributed by atoms with Gasteiger partial charge >= 0.3 is 0 Å². The van der Waals surface area contributed by atoms with E-state index in [1.165, 1.54) is 21.1 Å². The van der Waals surface area contributed by atoms with E-state index in [9.17, 15) is 0 Å². The molecule has 0 spiro atoms. The molecule has 0 N–H and O–H groups in total. The molecular weight excluding hydrogens is 190 g/mol. The van der Waals surface area contributed by atoms with Crippen molar-refractivity contribution in [3.8, 4) is 0 Å². The molecule has 1 aliphatic rings. The van der Waals surface area contributed by atoms with Crippen molar-refractivity contribution in [3.63, 3.8) is 0 Å². The highest BCUT2D eigenvalue weighted by Crippen LogP contribution is 2.37. The summed E-state index contributed by atoms with van der Waals surface area (Å²) in [6, 6.07) is 0. The maximum absolute atomic E-state index is 4.53. The molecule has 0 aromatic heterocycles. The maximum Gasteiger partial charge on any atom is 0.102 e. The van der Waals surface area contributed by atoms with Crippen LogP contribution in [0, 0.1) is 5.92 Å². The van der Waals surface area contributed by atoms with Crippen LogP contribution in [0.25, 0.3) is 0 Å². The van der Waals surface area contributed by atoms with Gasteiger partial charge in [-0.25, -0.2) is 0 Å². The third-order valence-corrected chi connectivity index (χ3v) is 3.51. The van der Waals surface area contributed by atoms with Crippen LogP contribution in [0.2, 0.25) is 0 Å². The molecule has 0 aromatic rings. The average Bonchev–Trinajstić information content (AvgIpc) is 2.49. The van der Waals surface area contributed by atoms with Gasteiger partial charge in [0.25, 0.3) is 0 Å². The summed E-state index contributed by atoms with van der Waals surface area (Å²) in [5, 5.41) is 1.20. The molecule has 1 aliphatic heterocycles. The van der Waals surface area contributed by atoms with Crippen molar-refractivity contribution in [2.45, 2.75) is 34.6 Å². The smallest absolute Gasteiger partial charge is 0.102 e. The van der Waals surface area contributed by atoms with Crippen molar-refractivity contribution in [2.75, 3.05) is 6.54 Å². The van der Waals surface area contributed by atoms with Gasteiger partial charge in [-0.15, -0.1) is 0 Å². The van der Waals surface area contributed by atoms with Gasteiger partial charge < -0.3 is 0 Å². The number of hydrogen-bond donors (Lipinski definition) is 0. The lowest BCUT2D eigenvalue weighted by molar-refractivity contribution is 0.818. The Morgan fingerprint density at radius 3 is 2.50 bits per heavy atom. The zero-order chi connectivity index (χ0) is 10.7. The molecule has 2 heteroatoms. The third-order valence-electron chi connectivity index (χ3n) is 2.14. The molecule has 1 nitrogen and oxygen atoms in total. The van der Waals surface area contributed by atoms with Crippen molar-refractivity contribution in [3.05, 3.63) is 22.1 Å². The minimum absolute atomic E-state index is 0.610. The van der Waals surface area contributed by atoms with Crippen LogP contribution in [0.15, 0.2) is 27.1 Å². The van der Waals surface area contributed by atoms with Crippen molar-refractivity contribution in [2.24, 2.45) is 10.9 Å². The summed E-state index contributed by atoms with van der Waals surface area (Å²) in [7, 11) is 0. The van der Waals surface area contributed by atoms with Crippen LogP contribution in [0.5, 0.6) is 0 Å². The second-order valence-corrected chi connectivity index (χ2v) is 5.06. The number of aliphatic imine (C=N–C) groups is 1. The van der Waals surface area contributed by atoms with E-state index in [2.05, 4.69) is 45.7 Å². The Kier molecular flexibility index (Phi) is 3.99. The van der Waals surface area contributed by atoms with Crippen LogP contribution in [0.1, 0.15) is 34.6 Å². The zero-order valence-corrected chi connectivity index (χ0v) is 10.5. The Morgan fingerprint density at radius 1 is 1.43 bits per heavy atom. The molecule has 0 radical (unpaired) electrons. The van der Waals surface area contributed by atoms with Gasteiger partial charge in [-0.05, 0) is 37.7 Å². The third kappa shape index (κ3) is 2.50. The summed E-state index contributed by atoms with van der Waals surface area (Å²) >= 11 is 1.83. The second kappa shape index (κ2) is 4.83. The molecule has 0 bridgehead atoms. The first-order chi connectivity index (χ1) is 6.56. The predicted molar refractivity (Wildman–Crippen MR) is 66.9 cm³/mol. The number of allylic oxidation sites excluding steroid dienone is 3. The fourth-order valence-corrected chi connectivity index (χ4v) is 2.51. The lowest BCUT2D eigenvalue weighted by Crippen LogP contribution is -1.93. The first-order valence-electron chi connectivity index (χ1n) is 5.18. The molecule has 78 valence electrons. The van der Waals surface area contributed by atoms with E-state index in [0.29, 0.717) is 5.92 Å². The first kappa shape index (κ1) is 11.6. The van der Waals surface area contributed by atoms with Gasteiger partial charge in [0.1, 0.15) is 5.04 Å². The van der Waals surface area contributed by atoms with E-state index < -0.39 is 0 Å². The van der Waals surface area contributed by atoms with Gasteiger partial charge in [0, 0.05) is 12.1 Å². The molecular formula is C12H19NS. The number of nitrogens with zero attached hydrogens (tertiary/aromatic N) is 1. The Balaban J connectivity index is 3.01. The molecule has 0 amide bonds. The lowest BCUT2D eigenvalue weighted by atomic mass is 10.1. The summed E-state index contributed by atoms with van der Waals surface area (Å²) in [5.41, 5.74) is 2.70. The number of rotatable bonds is 2. The highest BCUT2D eigenvalue weighted by molar-refractivity contribution is 8.18. The van der Waals surface area contributed by atoms with E-state index in [4.69, 9.17) is 0 Å². The largest absolute Gasteiger partial charge is 0.278 e. The summed E-state index contributed by atoms with van der Waals surface area (Å²) < 4.78 is 0. The summed E-state index contributed by atoms with van der Waals surface area (Å²) in [4.78, 5) is 5.97. The van der Waals surface area contributed by atoms with Gasteiger partial charge in [-0.1, -0.05) is 31.2 Å². The molecule has 0 unspecified atom stereocenters. The van der Waals surface area contributed by atoms with Crippen LogP contribution in [0.3, 0.4) is 0 Å². The highest BCUT2D eigenvalue weighted by Gasteiger charge is 2.20. The van der Waals surface area contributed by atoms with Crippen LogP contribution in [0.4, 0.5) is 0 Å². The maximum atomic E-state index is 4.53. The molecule has 0 fully saturated rings. The van der Waals surface area contributed by atoms with Gasteiger partial charge in [0.2, 0.25) is 0 Å². The Morgan fingerprint density at radius 2 is 2.07 bits per heavy atom. The van der Waals surface area contributed by atoms with Crippen LogP contribution >= 0.6 is 11.8 Å². The topological polar surface area (TPSA) is 12.4 Å². The van der Waals surface area contributed by atoms with Crippen molar-refractivity contribution < 1.29 is 0 Å². The molecule has 14 heavy (non-hydrogen) atoms. The monoisotopic (exact) mass is 209 g/mol. The van der Waals surface area contributed by atoms with E-state index in [0.717, 1.165) is 6.54 Å². The van der Waals surface area contributed by atoms with Gasteiger partial charge in [-0.2, -0.15) is 0 Å². The Hall–Kier alpha value is -0.500. The van der Waals surface area contributed by atoms with Gasteiger partial charge in [0.05, 0.1) is 0 Å². The molecule has 1 heterocycles. The average molecular weight is 209 g/mol. The zero-order valence-electron chi connectivity index (χ0n) is 9.72. The lowest BCUT2D eigenvalue weighted by Gasteiger charge is -2.03. The standard InChI is InChI=1S/C12H19NS/c1-6-13-12-10(8(2)3)7-11(14-12)9(4)5/h7,9H,6H2,1-5H3. The van der Waals surface area contributed by atoms with E-state index in [1.807, 2.05) is 11.8 Å². The van der Waals surface area contributed by atoms with E-state index in [1.54, 1.807) is 0 Å². The summed E-state index contributed by atoms with van der Waals surface area (Å²) in [6.07, 6.45) is 2.29. The van der Waals surface area contributed by atoms with Crippen LogP contribution in [-0.2, 0) is 0 Å². The van der Waals surface area contributed by atoms with Crippen LogP contribution < -0.4 is 0 Å². The van der Waals surface area contributed by atoms with Gasteiger partial charge in [0.15, 0.2) is 0 Å². The molecule has 0 aliphatic carbocycles. The van der Waals surface area contributed by atoms with Crippen LogP contribution in [-0.4, -0.2) is 11.6 Å². The molecule has 1 rings (SSSR count). The van der Waals surface area contributed by atoms with Crippen molar-refractivity contribution in [1.29, 1.82) is 0 Å². The second-order valence-electron chi connectivity index (χ2n) is 4.00. The van der Waals surface area contributed by atoms with E-state index in [-0.39, 0.29) is 0 Å². The predicted octanol–water partition coefficient (Wildman–Crippen LogP) is 4.03. The molecule has 0 aromatic carbocycles. The molecule has 0 saturated heterocycles.